The highest BCUT2D eigenvalue weighted by atomic mass is 16.5. The average Bonchev–Trinajstić information content (AvgIpc) is 3.09. The molecule has 0 radical (unpaired) electrons. The molecule has 0 saturated carbocycles. The van der Waals surface area contributed by atoms with Gasteiger partial charge in [0.25, 0.3) is 0 Å². The Balaban J connectivity index is 1.56. The monoisotopic (exact) mass is 602 g/mol. The van der Waals surface area contributed by atoms with Gasteiger partial charge in [-0.2, -0.15) is 0 Å². The van der Waals surface area contributed by atoms with Gasteiger partial charge in [-0.05, 0) is 76.0 Å². The van der Waals surface area contributed by atoms with Gasteiger partial charge < -0.3 is 18.9 Å². The summed E-state index contributed by atoms with van der Waals surface area (Å²) < 4.78 is 22.8. The minimum Gasteiger partial charge on any atom is -0.466 e. The molecule has 6 rings (SSSR count). The van der Waals surface area contributed by atoms with Gasteiger partial charge in [-0.3, -0.25) is 4.79 Å². The molecule has 6 aromatic rings. The van der Waals surface area contributed by atoms with E-state index in [9.17, 15) is 4.79 Å². The maximum atomic E-state index is 13.3. The predicted octanol–water partition coefficient (Wildman–Crippen LogP) is 10.6. The second kappa shape index (κ2) is 13.1. The van der Waals surface area contributed by atoms with Gasteiger partial charge in [-0.25, -0.2) is 0 Å². The maximum Gasteiger partial charge on any atom is 0.193 e. The minimum absolute atomic E-state index is 0.100. The number of carbonyl (C=O) groups is 1. The molecule has 0 fully saturated rings. The minimum atomic E-state index is -0.100. The molecule has 0 aliphatic carbocycles. The van der Waals surface area contributed by atoms with Gasteiger partial charge in [0.1, 0.15) is 23.0 Å². The van der Waals surface area contributed by atoms with Gasteiger partial charge in [0, 0.05) is 27.5 Å². The zero-order valence-corrected chi connectivity index (χ0v) is 25.1. The molecule has 46 heavy (non-hydrogen) atoms. The van der Waals surface area contributed by atoms with Crippen molar-refractivity contribution >= 4 is 27.3 Å². The molecule has 6 aromatic carbocycles. The van der Waals surface area contributed by atoms with Gasteiger partial charge >= 0.3 is 0 Å². The van der Waals surface area contributed by atoms with Crippen LogP contribution in [-0.2, 0) is 0 Å². The molecule has 0 amide bonds. The number of hydrogen-bond donors (Lipinski definition) is 0. The first-order valence-electron chi connectivity index (χ1n) is 14.5. The fourth-order valence-corrected chi connectivity index (χ4v) is 5.71. The zero-order chi connectivity index (χ0) is 32.0. The van der Waals surface area contributed by atoms with Crippen LogP contribution in [0, 0.1) is 0 Å². The number of carbonyl (C=O) groups excluding carboxylic acids is 1. The van der Waals surface area contributed by atoms with E-state index >= 15 is 0 Å². The molecule has 5 heteroatoms. The number of hydrogen-bond acceptors (Lipinski definition) is 5. The Morgan fingerprint density at radius 2 is 1.09 bits per heavy atom. The summed E-state index contributed by atoms with van der Waals surface area (Å²) in [5, 5.41) is 3.78. The summed E-state index contributed by atoms with van der Waals surface area (Å²) in [5.74, 6) is 2.45. The Morgan fingerprint density at radius 3 is 1.76 bits per heavy atom. The van der Waals surface area contributed by atoms with E-state index in [1.165, 1.54) is 25.0 Å². The van der Waals surface area contributed by atoms with E-state index in [1.54, 1.807) is 24.3 Å². The van der Waals surface area contributed by atoms with Crippen LogP contribution in [0.4, 0.5) is 0 Å². The first kappa shape index (κ1) is 29.7. The standard InChI is InChI=1S/C41H30O5/c1-5-43-31-21-19-29(20-22-31)40(42)28-17-15-27(16-18-28)38-37-26-33(45-7-3)23-24-35(37)39-34(13-10-14-36(39)41(38)46-8-4)30-11-9-12-32(25-30)44-6-2/h5-26H,1-4H2. The van der Waals surface area contributed by atoms with E-state index in [4.69, 9.17) is 18.9 Å². The second-order valence-electron chi connectivity index (χ2n) is 10.2. The van der Waals surface area contributed by atoms with E-state index in [1.807, 2.05) is 78.9 Å². The summed E-state index contributed by atoms with van der Waals surface area (Å²) in [6, 6.07) is 34.4. The predicted molar refractivity (Wildman–Crippen MR) is 186 cm³/mol. The van der Waals surface area contributed by atoms with E-state index < -0.39 is 0 Å². The normalized spacial score (nSPS) is 10.6. The highest BCUT2D eigenvalue weighted by Gasteiger charge is 2.21. The molecule has 0 heterocycles. The van der Waals surface area contributed by atoms with Crippen LogP contribution < -0.4 is 18.9 Å². The third kappa shape index (κ3) is 5.65. The van der Waals surface area contributed by atoms with Crippen molar-refractivity contribution in [1.82, 2.24) is 0 Å². The quantitative estimate of drug-likeness (QED) is 0.0792. The second-order valence-corrected chi connectivity index (χ2v) is 10.2. The summed E-state index contributed by atoms with van der Waals surface area (Å²) in [6.07, 6.45) is 5.59. The zero-order valence-electron chi connectivity index (χ0n) is 25.1. The molecule has 0 atom stereocenters. The third-order valence-electron chi connectivity index (χ3n) is 7.62. The molecule has 224 valence electrons. The lowest BCUT2D eigenvalue weighted by molar-refractivity contribution is 0.103. The lowest BCUT2D eigenvalue weighted by Gasteiger charge is -2.20. The molecule has 0 spiro atoms. The van der Waals surface area contributed by atoms with Crippen molar-refractivity contribution in [3.05, 3.63) is 172 Å². The average molecular weight is 603 g/mol. The van der Waals surface area contributed by atoms with Crippen molar-refractivity contribution < 1.29 is 23.7 Å². The van der Waals surface area contributed by atoms with Crippen molar-refractivity contribution in [1.29, 1.82) is 0 Å². The van der Waals surface area contributed by atoms with Gasteiger partial charge in [-0.15, -0.1) is 0 Å². The van der Waals surface area contributed by atoms with E-state index in [-0.39, 0.29) is 5.78 Å². The highest BCUT2D eigenvalue weighted by molar-refractivity contribution is 6.22. The van der Waals surface area contributed by atoms with Crippen LogP contribution in [-0.4, -0.2) is 5.78 Å². The number of fused-ring (bicyclic) bond motifs is 3. The summed E-state index contributed by atoms with van der Waals surface area (Å²) in [6.45, 7) is 14.9. The molecule has 0 N–H and O–H groups in total. The van der Waals surface area contributed by atoms with E-state index in [0.717, 1.165) is 43.8 Å². The molecule has 0 aliphatic rings. The Hall–Kier alpha value is -6.33. The fraction of sp³-hybridized carbons (Fsp3) is 0. The van der Waals surface area contributed by atoms with Crippen molar-refractivity contribution in [2.75, 3.05) is 0 Å². The van der Waals surface area contributed by atoms with Crippen molar-refractivity contribution in [2.45, 2.75) is 0 Å². The number of benzene rings is 6. The molecular weight excluding hydrogens is 572 g/mol. The molecule has 5 nitrogen and oxygen atoms in total. The van der Waals surface area contributed by atoms with Gasteiger partial charge in [0.2, 0.25) is 0 Å². The molecule has 0 bridgehead atoms. The maximum absolute atomic E-state index is 13.3. The van der Waals surface area contributed by atoms with Crippen LogP contribution in [0.15, 0.2) is 161 Å². The Kier molecular flexibility index (Phi) is 8.48. The van der Waals surface area contributed by atoms with E-state index in [0.29, 0.717) is 34.1 Å². The molecular formula is C41H30O5. The van der Waals surface area contributed by atoms with E-state index in [2.05, 4.69) is 32.4 Å². The number of rotatable bonds is 12. The topological polar surface area (TPSA) is 54.0 Å². The van der Waals surface area contributed by atoms with Crippen LogP contribution in [0.1, 0.15) is 15.9 Å². The number of ketones is 1. The van der Waals surface area contributed by atoms with Crippen molar-refractivity contribution in [3.63, 3.8) is 0 Å². The first-order chi connectivity index (χ1) is 22.6. The fourth-order valence-electron chi connectivity index (χ4n) is 5.71. The summed E-state index contributed by atoms with van der Waals surface area (Å²) in [4.78, 5) is 13.3. The van der Waals surface area contributed by atoms with Gasteiger partial charge in [0.15, 0.2) is 5.78 Å². The summed E-state index contributed by atoms with van der Waals surface area (Å²) >= 11 is 0. The lowest BCUT2D eigenvalue weighted by atomic mass is 9.87. The largest absolute Gasteiger partial charge is 0.466 e. The third-order valence-corrected chi connectivity index (χ3v) is 7.62. The summed E-state index contributed by atoms with van der Waals surface area (Å²) in [5.41, 5.74) is 4.77. The van der Waals surface area contributed by atoms with Crippen molar-refractivity contribution in [2.24, 2.45) is 0 Å². The van der Waals surface area contributed by atoms with Crippen molar-refractivity contribution in [3.8, 4) is 45.3 Å². The van der Waals surface area contributed by atoms with Crippen LogP contribution in [0.25, 0.3) is 43.8 Å². The summed E-state index contributed by atoms with van der Waals surface area (Å²) in [7, 11) is 0. The molecule has 0 aliphatic heterocycles. The first-order valence-corrected chi connectivity index (χ1v) is 14.5. The Bertz CT molecular complexity index is 2120. The lowest BCUT2D eigenvalue weighted by Crippen LogP contribution is -2.01. The van der Waals surface area contributed by atoms with Crippen LogP contribution in [0.3, 0.4) is 0 Å². The Morgan fingerprint density at radius 1 is 0.500 bits per heavy atom. The number of ether oxygens (including phenoxy) is 4. The smallest absolute Gasteiger partial charge is 0.193 e. The van der Waals surface area contributed by atoms with Crippen LogP contribution in [0.5, 0.6) is 23.0 Å². The van der Waals surface area contributed by atoms with Crippen LogP contribution in [0.2, 0.25) is 0 Å². The molecule has 0 aromatic heterocycles. The highest BCUT2D eigenvalue weighted by Crippen LogP contribution is 2.48. The molecule has 0 unspecified atom stereocenters. The molecule has 0 saturated heterocycles. The van der Waals surface area contributed by atoms with Gasteiger partial charge in [-0.1, -0.05) is 87.0 Å². The van der Waals surface area contributed by atoms with Crippen LogP contribution >= 0.6 is 0 Å². The SMILES string of the molecule is C=COc1ccc(C(=O)c2ccc(-c3c(OC=C)c4cccc(-c5cccc(OC=C)c5)c4c4ccc(OC=C)cc34)cc2)cc1. The Labute approximate surface area is 267 Å². The van der Waals surface area contributed by atoms with Gasteiger partial charge in [0.05, 0.1) is 25.0 Å².